The second kappa shape index (κ2) is 8.03. The van der Waals surface area contributed by atoms with Gasteiger partial charge in [-0.15, -0.1) is 0 Å². The first-order chi connectivity index (χ1) is 14.8. The number of nitrogens with zero attached hydrogens (tertiary/aromatic N) is 2. The topological polar surface area (TPSA) is 83.4 Å². The fraction of sp³-hybridized carbons (Fsp3) is 0.143. The van der Waals surface area contributed by atoms with Gasteiger partial charge in [-0.3, -0.25) is 0 Å². The van der Waals surface area contributed by atoms with E-state index < -0.39 is 33.5 Å². The number of fused-ring (bicyclic) bond motifs is 1. The summed E-state index contributed by atoms with van der Waals surface area (Å²) < 4.78 is 70.2. The molecule has 31 heavy (non-hydrogen) atoms. The van der Waals surface area contributed by atoms with Gasteiger partial charge in [0.1, 0.15) is 16.5 Å². The number of hydrogen-bond donors (Lipinski definition) is 2. The van der Waals surface area contributed by atoms with Crippen molar-refractivity contribution in [2.75, 3.05) is 5.32 Å². The van der Waals surface area contributed by atoms with Crippen molar-refractivity contribution in [1.29, 1.82) is 0 Å². The number of sulfonamides is 1. The highest BCUT2D eigenvalue weighted by atomic mass is 32.2. The molecular weight excluding hydrogens is 429 g/mol. The normalized spacial score (nSPS) is 16.8. The molecule has 0 saturated heterocycles. The number of guanidine groups is 1. The smallest absolute Gasteiger partial charge is 0.266 e. The highest BCUT2D eigenvalue weighted by Crippen LogP contribution is 2.38. The second-order valence-electron chi connectivity index (χ2n) is 6.92. The molecule has 1 atom stereocenters. The van der Waals surface area contributed by atoms with E-state index in [0.717, 1.165) is 12.1 Å². The monoisotopic (exact) mass is 446 g/mol. The van der Waals surface area contributed by atoms with Crippen LogP contribution in [0.5, 0.6) is 0 Å². The third-order valence-corrected chi connectivity index (χ3v) is 6.28. The number of pyridine rings is 1. The van der Waals surface area contributed by atoms with Gasteiger partial charge in [-0.05, 0) is 35.9 Å². The van der Waals surface area contributed by atoms with Crippen LogP contribution in [0.2, 0.25) is 0 Å². The van der Waals surface area contributed by atoms with Crippen LogP contribution in [-0.2, 0) is 16.6 Å². The second-order valence-corrected chi connectivity index (χ2v) is 8.58. The molecule has 2 heterocycles. The number of hydrogen-bond acceptors (Lipinski definition) is 4. The van der Waals surface area contributed by atoms with Gasteiger partial charge in [0.25, 0.3) is 10.0 Å². The van der Waals surface area contributed by atoms with Crippen LogP contribution in [0.15, 0.2) is 64.5 Å². The van der Waals surface area contributed by atoms with E-state index in [-0.39, 0.29) is 39.9 Å². The summed E-state index contributed by atoms with van der Waals surface area (Å²) in [6.45, 7) is 1.46. The Morgan fingerprint density at radius 3 is 2.52 bits per heavy atom. The molecule has 0 amide bonds. The van der Waals surface area contributed by atoms with Gasteiger partial charge in [0.05, 0.1) is 17.9 Å². The molecule has 0 bridgehead atoms. The molecule has 160 valence electrons. The first-order valence-corrected chi connectivity index (χ1v) is 10.8. The van der Waals surface area contributed by atoms with Crippen LogP contribution >= 0.6 is 0 Å². The van der Waals surface area contributed by atoms with Crippen molar-refractivity contribution in [2.45, 2.75) is 24.3 Å². The van der Waals surface area contributed by atoms with Crippen LogP contribution in [0.1, 0.15) is 29.7 Å². The Morgan fingerprint density at radius 1 is 1.00 bits per heavy atom. The maximum atomic E-state index is 14.9. The molecule has 0 aliphatic carbocycles. The van der Waals surface area contributed by atoms with Crippen LogP contribution in [0, 0.1) is 17.6 Å². The largest absolute Gasteiger partial charge is 0.324 e. The zero-order valence-electron chi connectivity index (χ0n) is 16.2. The lowest BCUT2D eigenvalue weighted by Crippen LogP contribution is -2.41. The van der Waals surface area contributed by atoms with Crippen LogP contribution in [0.3, 0.4) is 0 Å². The molecule has 0 saturated carbocycles. The van der Waals surface area contributed by atoms with Gasteiger partial charge in [0.2, 0.25) is 11.9 Å². The molecule has 1 aromatic heterocycles. The number of rotatable bonds is 4. The van der Waals surface area contributed by atoms with Crippen molar-refractivity contribution in [1.82, 2.24) is 9.71 Å². The Bertz CT molecular complexity index is 1300. The summed E-state index contributed by atoms with van der Waals surface area (Å²) in [5, 5.41) is 2.79. The predicted octanol–water partition coefficient (Wildman–Crippen LogP) is 3.91. The number of halogens is 3. The molecule has 6 nitrogen and oxygen atoms in total. The molecule has 1 aliphatic heterocycles. The minimum atomic E-state index is -4.07. The highest BCUT2D eigenvalue weighted by Gasteiger charge is 2.32. The Morgan fingerprint density at radius 2 is 1.77 bits per heavy atom. The lowest BCUT2D eigenvalue weighted by Gasteiger charge is -2.26. The van der Waals surface area contributed by atoms with Gasteiger partial charge < -0.3 is 5.32 Å². The third kappa shape index (κ3) is 4.11. The maximum Gasteiger partial charge on any atom is 0.266 e. The summed E-state index contributed by atoms with van der Waals surface area (Å²) in [4.78, 5) is 7.58. The quantitative estimate of drug-likeness (QED) is 0.596. The molecule has 0 fully saturated rings. The molecule has 2 aromatic carbocycles. The summed E-state index contributed by atoms with van der Waals surface area (Å²) in [5.41, 5.74) is 0.457. The number of aromatic nitrogens is 1. The van der Waals surface area contributed by atoms with E-state index in [2.05, 4.69) is 20.0 Å². The molecule has 0 radical (unpaired) electrons. The molecule has 1 aliphatic rings. The molecular formula is C21H17F3N4O2S. The van der Waals surface area contributed by atoms with E-state index in [9.17, 15) is 21.6 Å². The molecule has 3 aromatic rings. The number of anilines is 1. The van der Waals surface area contributed by atoms with Gasteiger partial charge >= 0.3 is 0 Å². The van der Waals surface area contributed by atoms with Crippen molar-refractivity contribution >= 4 is 21.7 Å². The minimum absolute atomic E-state index is 0.00995. The summed E-state index contributed by atoms with van der Waals surface area (Å²) in [6.07, 6.45) is 0. The predicted molar refractivity (Wildman–Crippen MR) is 110 cm³/mol. The third-order valence-electron chi connectivity index (χ3n) is 4.89. The Balaban J connectivity index is 1.77. The molecule has 2 N–H and O–H groups in total. The fourth-order valence-electron chi connectivity index (χ4n) is 3.43. The van der Waals surface area contributed by atoms with Crippen LogP contribution < -0.4 is 10.0 Å². The zero-order chi connectivity index (χ0) is 22.2. The van der Waals surface area contributed by atoms with E-state index in [0.29, 0.717) is 0 Å². The first-order valence-electron chi connectivity index (χ1n) is 9.29. The summed E-state index contributed by atoms with van der Waals surface area (Å²) in [5.74, 6) is -2.88. The van der Waals surface area contributed by atoms with Crippen molar-refractivity contribution in [3.63, 3.8) is 0 Å². The Kier molecular flexibility index (Phi) is 5.40. The Labute approximate surface area is 176 Å². The molecule has 0 spiro atoms. The van der Waals surface area contributed by atoms with Crippen LogP contribution in [0.25, 0.3) is 0 Å². The molecule has 4 rings (SSSR count). The number of benzene rings is 2. The Hall–Kier alpha value is -3.40. The van der Waals surface area contributed by atoms with Gasteiger partial charge in [-0.25, -0.2) is 31.9 Å². The first kappa shape index (κ1) is 20.9. The van der Waals surface area contributed by atoms with E-state index in [1.165, 1.54) is 36.4 Å². The standard InChI is InChI=1S/C21H17F3N4O2S/c1-12(14-6-2-3-7-15(14)22)19-16(23)9-10-17-20(19)27-21(28-31(17,29)30)25-11-13-5-4-8-18(24)26-13/h2-10,12H,11H2,1H3,(H2,25,27,28). The average molecular weight is 446 g/mol. The van der Waals surface area contributed by atoms with Crippen LogP contribution in [-0.4, -0.2) is 19.4 Å². The molecule has 10 heteroatoms. The van der Waals surface area contributed by atoms with E-state index in [1.54, 1.807) is 13.0 Å². The number of nitrogens with one attached hydrogen (secondary N) is 2. The summed E-state index contributed by atoms with van der Waals surface area (Å²) >= 11 is 0. The SMILES string of the molecule is CC(c1ccccc1F)c1c(F)ccc2c1NC(=NCc1cccc(F)n1)NS2(=O)=O. The van der Waals surface area contributed by atoms with Gasteiger partial charge in [-0.1, -0.05) is 31.2 Å². The van der Waals surface area contributed by atoms with E-state index in [4.69, 9.17) is 0 Å². The van der Waals surface area contributed by atoms with Crippen molar-refractivity contribution in [2.24, 2.45) is 4.99 Å². The van der Waals surface area contributed by atoms with E-state index >= 15 is 0 Å². The lowest BCUT2D eigenvalue weighted by molar-refractivity contribution is 0.575. The fourth-order valence-corrected chi connectivity index (χ4v) is 4.59. The zero-order valence-corrected chi connectivity index (χ0v) is 17.1. The lowest BCUT2D eigenvalue weighted by atomic mass is 9.91. The van der Waals surface area contributed by atoms with Crippen LogP contribution in [0.4, 0.5) is 18.9 Å². The van der Waals surface area contributed by atoms with Gasteiger partial charge in [0.15, 0.2) is 0 Å². The molecule has 1 unspecified atom stereocenters. The summed E-state index contributed by atoms with van der Waals surface area (Å²) in [6, 6.07) is 12.2. The highest BCUT2D eigenvalue weighted by molar-refractivity contribution is 7.90. The van der Waals surface area contributed by atoms with Gasteiger partial charge in [0, 0.05) is 11.5 Å². The van der Waals surface area contributed by atoms with Crippen molar-refractivity contribution in [3.8, 4) is 0 Å². The summed E-state index contributed by atoms with van der Waals surface area (Å²) in [7, 11) is -4.07. The van der Waals surface area contributed by atoms with E-state index in [1.807, 2.05) is 0 Å². The number of aliphatic imine (C=N–C) groups is 1. The maximum absolute atomic E-state index is 14.9. The van der Waals surface area contributed by atoms with Crippen molar-refractivity contribution in [3.05, 3.63) is 89.0 Å². The van der Waals surface area contributed by atoms with Crippen molar-refractivity contribution < 1.29 is 21.6 Å². The average Bonchev–Trinajstić information content (AvgIpc) is 2.71. The van der Waals surface area contributed by atoms with Gasteiger partial charge in [-0.2, -0.15) is 4.39 Å². The minimum Gasteiger partial charge on any atom is -0.324 e.